The highest BCUT2D eigenvalue weighted by molar-refractivity contribution is 6.01. The molecule has 1 aliphatic carbocycles. The van der Waals surface area contributed by atoms with Crippen molar-refractivity contribution >= 4 is 22.6 Å². The molecule has 1 fully saturated rings. The molecular formula is C28H30FN5O3. The Kier molecular flexibility index (Phi) is 6.80. The summed E-state index contributed by atoms with van der Waals surface area (Å²) in [5.74, 6) is 0.0643. The number of benzene rings is 2. The van der Waals surface area contributed by atoms with E-state index in [1.807, 2.05) is 30.3 Å². The minimum atomic E-state index is -0.507. The van der Waals surface area contributed by atoms with E-state index >= 15 is 4.39 Å². The van der Waals surface area contributed by atoms with Gasteiger partial charge in [-0.2, -0.15) is 5.10 Å². The Morgan fingerprint density at radius 2 is 2.03 bits per heavy atom. The van der Waals surface area contributed by atoms with Gasteiger partial charge in [-0.25, -0.2) is 9.37 Å². The number of aromatic nitrogens is 3. The minimum absolute atomic E-state index is 0.00132. The molecule has 0 radical (unpaired) electrons. The summed E-state index contributed by atoms with van der Waals surface area (Å²) in [4.78, 5) is 19.1. The van der Waals surface area contributed by atoms with E-state index in [1.165, 1.54) is 11.0 Å². The highest BCUT2D eigenvalue weighted by Crippen LogP contribution is 2.36. The summed E-state index contributed by atoms with van der Waals surface area (Å²) in [6.07, 6.45) is 4.06. The Morgan fingerprint density at radius 1 is 1.22 bits per heavy atom. The standard InChI is InChI=1S/C28H30FN5O3/c1-34(2)28(36)22-11-17(13-23(29)26(22)31-19-9-8-16(10-19)15-35)18-12-21-25(32-33-27(21)30-14-18)20-6-4-5-7-24(20)37-3/h4-7,11-14,16,19,31,35H,8-10,15H2,1-3H3,(H,30,32,33)/t16-,19+/m1/s1. The molecule has 1 aliphatic rings. The predicted octanol–water partition coefficient (Wildman–Crippen LogP) is 4.71. The Morgan fingerprint density at radius 3 is 2.76 bits per heavy atom. The van der Waals surface area contributed by atoms with Crippen molar-refractivity contribution in [2.45, 2.75) is 25.3 Å². The number of anilines is 1. The molecule has 5 rings (SSSR count). The fraction of sp³-hybridized carbons (Fsp3) is 0.321. The van der Waals surface area contributed by atoms with E-state index in [9.17, 15) is 9.90 Å². The smallest absolute Gasteiger partial charge is 0.255 e. The van der Waals surface area contributed by atoms with Crippen molar-refractivity contribution in [1.82, 2.24) is 20.1 Å². The van der Waals surface area contributed by atoms with Crippen LogP contribution in [0.25, 0.3) is 33.4 Å². The number of hydrogen-bond donors (Lipinski definition) is 3. The van der Waals surface area contributed by atoms with Crippen LogP contribution in [0.1, 0.15) is 29.6 Å². The van der Waals surface area contributed by atoms with Gasteiger partial charge < -0.3 is 20.1 Å². The fourth-order valence-corrected chi connectivity index (χ4v) is 5.01. The first-order valence-electron chi connectivity index (χ1n) is 12.3. The van der Waals surface area contributed by atoms with Gasteiger partial charge in [0.1, 0.15) is 17.3 Å². The first-order valence-corrected chi connectivity index (χ1v) is 12.3. The molecule has 3 N–H and O–H groups in total. The number of rotatable bonds is 7. The maximum atomic E-state index is 15.6. The largest absolute Gasteiger partial charge is 0.496 e. The van der Waals surface area contributed by atoms with Gasteiger partial charge in [0, 0.05) is 49.5 Å². The van der Waals surface area contributed by atoms with Crippen LogP contribution in [0.2, 0.25) is 0 Å². The van der Waals surface area contributed by atoms with Crippen LogP contribution in [0, 0.1) is 11.7 Å². The highest BCUT2D eigenvalue weighted by atomic mass is 19.1. The van der Waals surface area contributed by atoms with E-state index < -0.39 is 5.82 Å². The average molecular weight is 504 g/mol. The number of nitrogens with zero attached hydrogens (tertiary/aromatic N) is 3. The zero-order valence-electron chi connectivity index (χ0n) is 21.1. The van der Waals surface area contributed by atoms with E-state index in [2.05, 4.69) is 20.5 Å². The summed E-state index contributed by atoms with van der Waals surface area (Å²) in [5.41, 5.74) is 3.71. The van der Waals surface area contributed by atoms with Gasteiger partial charge in [0.25, 0.3) is 5.91 Å². The van der Waals surface area contributed by atoms with Crippen molar-refractivity contribution in [2.75, 3.05) is 33.1 Å². The fourth-order valence-electron chi connectivity index (χ4n) is 5.01. The number of nitrogens with one attached hydrogen (secondary N) is 2. The number of amides is 1. The van der Waals surface area contributed by atoms with Gasteiger partial charge in [0.05, 0.1) is 18.4 Å². The molecule has 37 heavy (non-hydrogen) atoms. The zero-order chi connectivity index (χ0) is 26.1. The van der Waals surface area contributed by atoms with E-state index in [1.54, 1.807) is 33.5 Å². The summed E-state index contributed by atoms with van der Waals surface area (Å²) in [6.45, 7) is 0.115. The number of fused-ring (bicyclic) bond motifs is 1. The second-order valence-corrected chi connectivity index (χ2v) is 9.68. The Bertz CT molecular complexity index is 1450. The van der Waals surface area contributed by atoms with Crippen LogP contribution in [-0.4, -0.2) is 64.9 Å². The molecule has 9 heteroatoms. The number of H-pyrrole nitrogens is 1. The van der Waals surface area contributed by atoms with E-state index in [0.717, 1.165) is 30.2 Å². The van der Waals surface area contributed by atoms with Gasteiger partial charge >= 0.3 is 0 Å². The normalized spacial score (nSPS) is 17.2. The van der Waals surface area contributed by atoms with Crippen LogP contribution in [0.15, 0.2) is 48.7 Å². The summed E-state index contributed by atoms with van der Waals surface area (Å²) in [6, 6.07) is 12.6. The van der Waals surface area contributed by atoms with Gasteiger partial charge in [0.15, 0.2) is 5.65 Å². The molecule has 0 spiro atoms. The topological polar surface area (TPSA) is 103 Å². The maximum absolute atomic E-state index is 15.6. The Hall–Kier alpha value is -3.98. The molecule has 2 aromatic heterocycles. The SMILES string of the molecule is COc1ccccc1-c1n[nH]c2ncc(-c3cc(F)c(N[C@H]4CC[C@@H](CO)C4)c(C(=O)N(C)C)c3)cc12. The molecule has 4 aromatic rings. The summed E-state index contributed by atoms with van der Waals surface area (Å²) in [5, 5.41) is 20.9. The number of methoxy groups -OCH3 is 1. The van der Waals surface area contributed by atoms with Crippen LogP contribution >= 0.6 is 0 Å². The minimum Gasteiger partial charge on any atom is -0.496 e. The van der Waals surface area contributed by atoms with E-state index in [0.29, 0.717) is 28.2 Å². The summed E-state index contributed by atoms with van der Waals surface area (Å²) >= 11 is 0. The molecule has 2 heterocycles. The Balaban J connectivity index is 1.58. The second kappa shape index (κ2) is 10.2. The molecule has 0 unspecified atom stereocenters. The van der Waals surface area contributed by atoms with Crippen molar-refractivity contribution in [3.05, 3.63) is 60.0 Å². The van der Waals surface area contributed by atoms with Crippen molar-refractivity contribution in [1.29, 1.82) is 0 Å². The molecule has 192 valence electrons. The quantitative estimate of drug-likeness (QED) is 0.337. The summed E-state index contributed by atoms with van der Waals surface area (Å²) in [7, 11) is 4.90. The van der Waals surface area contributed by atoms with Crippen molar-refractivity contribution < 1.29 is 19.0 Å². The molecule has 0 bridgehead atoms. The lowest BCUT2D eigenvalue weighted by Crippen LogP contribution is -2.25. The van der Waals surface area contributed by atoms with E-state index in [4.69, 9.17) is 4.74 Å². The van der Waals surface area contributed by atoms with Gasteiger partial charge in [-0.1, -0.05) is 12.1 Å². The first-order chi connectivity index (χ1) is 17.9. The number of ether oxygens (including phenoxy) is 1. The van der Waals surface area contributed by atoms with Crippen LogP contribution in [0.3, 0.4) is 0 Å². The van der Waals surface area contributed by atoms with Crippen LogP contribution in [0.4, 0.5) is 10.1 Å². The van der Waals surface area contributed by atoms with Crippen LogP contribution in [0.5, 0.6) is 5.75 Å². The van der Waals surface area contributed by atoms with E-state index in [-0.39, 0.29) is 35.7 Å². The van der Waals surface area contributed by atoms with Gasteiger partial charge in [-0.05, 0) is 61.1 Å². The number of pyridine rings is 1. The van der Waals surface area contributed by atoms with Gasteiger partial charge in [-0.3, -0.25) is 9.89 Å². The lowest BCUT2D eigenvalue weighted by atomic mass is 9.99. The monoisotopic (exact) mass is 503 g/mol. The maximum Gasteiger partial charge on any atom is 0.255 e. The van der Waals surface area contributed by atoms with Gasteiger partial charge in [-0.15, -0.1) is 0 Å². The molecule has 8 nitrogen and oxygen atoms in total. The first kappa shape index (κ1) is 24.7. The van der Waals surface area contributed by atoms with Crippen molar-refractivity contribution in [3.8, 4) is 28.1 Å². The number of hydrogen-bond acceptors (Lipinski definition) is 6. The third-order valence-electron chi connectivity index (χ3n) is 6.99. The third-order valence-corrected chi connectivity index (χ3v) is 6.99. The molecule has 2 atom stereocenters. The predicted molar refractivity (Wildman–Crippen MR) is 141 cm³/mol. The zero-order valence-corrected chi connectivity index (χ0v) is 21.1. The average Bonchev–Trinajstić information content (AvgIpc) is 3.55. The van der Waals surface area contributed by atoms with Crippen molar-refractivity contribution in [2.24, 2.45) is 5.92 Å². The number of halogens is 1. The molecule has 0 saturated heterocycles. The Labute approximate surface area is 214 Å². The number of aliphatic hydroxyl groups excluding tert-OH is 1. The number of carbonyl (C=O) groups is 1. The molecular weight excluding hydrogens is 473 g/mol. The van der Waals surface area contributed by atoms with Crippen molar-refractivity contribution in [3.63, 3.8) is 0 Å². The molecule has 0 aliphatic heterocycles. The third kappa shape index (κ3) is 4.74. The van der Waals surface area contributed by atoms with Crippen LogP contribution in [-0.2, 0) is 0 Å². The number of carbonyl (C=O) groups excluding carboxylic acids is 1. The number of aliphatic hydroxyl groups is 1. The molecule has 1 amide bonds. The lowest BCUT2D eigenvalue weighted by molar-refractivity contribution is 0.0828. The second-order valence-electron chi connectivity index (χ2n) is 9.68. The van der Waals surface area contributed by atoms with Crippen LogP contribution < -0.4 is 10.1 Å². The molecule has 2 aromatic carbocycles. The number of para-hydroxylation sites is 1. The lowest BCUT2D eigenvalue weighted by Gasteiger charge is -2.21. The number of aromatic amines is 1. The van der Waals surface area contributed by atoms with Gasteiger partial charge in [0.2, 0.25) is 0 Å². The highest BCUT2D eigenvalue weighted by Gasteiger charge is 2.27. The molecule has 1 saturated carbocycles. The summed E-state index contributed by atoms with van der Waals surface area (Å²) < 4.78 is 21.1.